The molecule has 0 fully saturated rings. The van der Waals surface area contributed by atoms with Gasteiger partial charge in [0.25, 0.3) is 5.91 Å². The Labute approximate surface area is 185 Å². The van der Waals surface area contributed by atoms with Gasteiger partial charge in [0.05, 0.1) is 10.4 Å². The number of sulfone groups is 1. The number of aromatic nitrogens is 2. The molecule has 5 rings (SSSR count). The lowest BCUT2D eigenvalue weighted by atomic mass is 10.0. The smallest absolute Gasteiger partial charge is 0.273 e. The van der Waals surface area contributed by atoms with Crippen LogP contribution >= 0.6 is 0 Å². The van der Waals surface area contributed by atoms with E-state index in [2.05, 4.69) is 9.97 Å². The lowest BCUT2D eigenvalue weighted by Gasteiger charge is -2.17. The summed E-state index contributed by atoms with van der Waals surface area (Å²) in [7, 11) is -3.44. The molecule has 0 aliphatic carbocycles. The summed E-state index contributed by atoms with van der Waals surface area (Å²) in [5.41, 5.74) is 10.1. The zero-order valence-electron chi connectivity index (χ0n) is 17.3. The maximum Gasteiger partial charge on any atom is 0.273 e. The molecule has 1 amide bonds. The highest BCUT2D eigenvalue weighted by atomic mass is 32.2. The van der Waals surface area contributed by atoms with Crippen molar-refractivity contribution in [1.82, 2.24) is 14.9 Å². The minimum absolute atomic E-state index is 0.0156. The molecule has 2 N–H and O–H groups in total. The van der Waals surface area contributed by atoms with Gasteiger partial charge in [-0.1, -0.05) is 48.5 Å². The van der Waals surface area contributed by atoms with E-state index in [4.69, 9.17) is 5.73 Å². The van der Waals surface area contributed by atoms with E-state index < -0.39 is 9.84 Å². The minimum atomic E-state index is -3.44. The van der Waals surface area contributed by atoms with Crippen LogP contribution in [0.25, 0.3) is 22.0 Å². The van der Waals surface area contributed by atoms with Gasteiger partial charge in [-0.3, -0.25) is 4.79 Å². The van der Waals surface area contributed by atoms with Gasteiger partial charge in [0.2, 0.25) is 5.95 Å². The highest BCUT2D eigenvalue weighted by Crippen LogP contribution is 2.32. The molecule has 3 aromatic carbocycles. The summed E-state index contributed by atoms with van der Waals surface area (Å²) in [4.78, 5) is 23.9. The van der Waals surface area contributed by atoms with Crippen LogP contribution in [0.15, 0.2) is 71.6 Å². The molecule has 1 aliphatic heterocycles. The Morgan fingerprint density at radius 3 is 2.28 bits per heavy atom. The van der Waals surface area contributed by atoms with Crippen LogP contribution in [0.3, 0.4) is 0 Å². The molecule has 0 bridgehead atoms. The summed E-state index contributed by atoms with van der Waals surface area (Å²) in [6.45, 7) is 0.994. The SMILES string of the molecule is CS(=O)(=O)c1ccccc1-c1ccc2nc(N)nc(C(=O)N3Cc4ccccc4C3)c2c1. The highest BCUT2D eigenvalue weighted by molar-refractivity contribution is 7.90. The van der Waals surface area contributed by atoms with E-state index in [9.17, 15) is 13.2 Å². The van der Waals surface area contributed by atoms with Crippen molar-refractivity contribution < 1.29 is 13.2 Å². The molecule has 0 atom stereocenters. The third kappa shape index (κ3) is 3.48. The van der Waals surface area contributed by atoms with Crippen LogP contribution in [-0.4, -0.2) is 35.4 Å². The summed E-state index contributed by atoms with van der Waals surface area (Å²) in [6, 6.07) is 20.0. The summed E-state index contributed by atoms with van der Waals surface area (Å²) in [6.07, 6.45) is 1.18. The average Bonchev–Trinajstić information content (AvgIpc) is 3.21. The zero-order chi connectivity index (χ0) is 22.5. The van der Waals surface area contributed by atoms with Gasteiger partial charge in [-0.15, -0.1) is 0 Å². The topological polar surface area (TPSA) is 106 Å². The first-order valence-electron chi connectivity index (χ1n) is 10.0. The molecule has 2 heterocycles. The number of rotatable bonds is 3. The van der Waals surface area contributed by atoms with Crippen molar-refractivity contribution in [1.29, 1.82) is 0 Å². The van der Waals surface area contributed by atoms with Crippen LogP contribution in [0.4, 0.5) is 5.95 Å². The van der Waals surface area contributed by atoms with Crippen molar-refractivity contribution in [3.63, 3.8) is 0 Å². The predicted octanol–water partition coefficient (Wildman–Crippen LogP) is 3.44. The molecule has 0 saturated carbocycles. The highest BCUT2D eigenvalue weighted by Gasteiger charge is 2.27. The first-order valence-corrected chi connectivity index (χ1v) is 11.9. The lowest BCUT2D eigenvalue weighted by Crippen LogP contribution is -2.27. The van der Waals surface area contributed by atoms with Gasteiger partial charge >= 0.3 is 0 Å². The molecule has 1 aromatic heterocycles. The van der Waals surface area contributed by atoms with E-state index in [1.54, 1.807) is 47.4 Å². The van der Waals surface area contributed by atoms with Crippen LogP contribution in [0.5, 0.6) is 0 Å². The number of carbonyl (C=O) groups is 1. The van der Waals surface area contributed by atoms with E-state index in [0.717, 1.165) is 11.1 Å². The van der Waals surface area contributed by atoms with Crippen molar-refractivity contribution >= 4 is 32.6 Å². The molecule has 32 heavy (non-hydrogen) atoms. The summed E-state index contributed by atoms with van der Waals surface area (Å²) in [5, 5.41) is 0.529. The van der Waals surface area contributed by atoms with Crippen LogP contribution in [0.1, 0.15) is 21.6 Å². The Morgan fingerprint density at radius 1 is 0.938 bits per heavy atom. The van der Waals surface area contributed by atoms with E-state index in [1.165, 1.54) is 6.26 Å². The third-order valence-electron chi connectivity index (χ3n) is 5.64. The standard InChI is InChI=1S/C24H20N4O3S/c1-32(30,31)21-9-5-4-8-18(21)15-10-11-20-19(12-15)22(27-24(25)26-20)23(29)28-13-16-6-2-3-7-17(16)14-28/h2-12H,13-14H2,1H3,(H2,25,26,27). The van der Waals surface area contributed by atoms with E-state index in [0.29, 0.717) is 35.1 Å². The molecule has 7 nitrogen and oxygen atoms in total. The number of nitrogen functional groups attached to an aromatic ring is 1. The maximum atomic E-state index is 13.4. The second-order valence-corrected chi connectivity index (χ2v) is 9.84. The number of hydrogen-bond donors (Lipinski definition) is 1. The monoisotopic (exact) mass is 444 g/mol. The maximum absolute atomic E-state index is 13.4. The fraction of sp³-hybridized carbons (Fsp3) is 0.125. The van der Waals surface area contributed by atoms with Gasteiger partial charge in [-0.05, 0) is 34.9 Å². The fourth-order valence-corrected chi connectivity index (χ4v) is 5.04. The number of amides is 1. The van der Waals surface area contributed by atoms with Gasteiger partial charge in [0.15, 0.2) is 9.84 Å². The number of anilines is 1. The van der Waals surface area contributed by atoms with Crippen molar-refractivity contribution in [3.05, 3.63) is 83.6 Å². The van der Waals surface area contributed by atoms with Crippen LogP contribution in [0, 0.1) is 0 Å². The first kappa shape index (κ1) is 20.1. The van der Waals surface area contributed by atoms with Crippen molar-refractivity contribution in [2.24, 2.45) is 0 Å². The number of benzene rings is 3. The Morgan fingerprint density at radius 2 is 1.59 bits per heavy atom. The molecule has 0 saturated heterocycles. The molecule has 8 heteroatoms. The molecular formula is C24H20N4O3S. The van der Waals surface area contributed by atoms with Gasteiger partial charge in [-0.25, -0.2) is 18.4 Å². The second kappa shape index (κ2) is 7.42. The lowest BCUT2D eigenvalue weighted by molar-refractivity contribution is 0.0747. The Hall–Kier alpha value is -3.78. The molecular weight excluding hydrogens is 424 g/mol. The van der Waals surface area contributed by atoms with E-state index >= 15 is 0 Å². The number of carbonyl (C=O) groups excluding carboxylic acids is 1. The van der Waals surface area contributed by atoms with Crippen LogP contribution < -0.4 is 5.73 Å². The van der Waals surface area contributed by atoms with Gasteiger partial charge in [0.1, 0.15) is 5.69 Å². The number of nitrogens with two attached hydrogens (primary N) is 1. The summed E-state index contributed by atoms with van der Waals surface area (Å²) in [5.74, 6) is -0.226. The number of fused-ring (bicyclic) bond motifs is 2. The first-order chi connectivity index (χ1) is 15.3. The van der Waals surface area contributed by atoms with Crippen molar-refractivity contribution in [3.8, 4) is 11.1 Å². The molecule has 0 spiro atoms. The van der Waals surface area contributed by atoms with Crippen molar-refractivity contribution in [2.75, 3.05) is 12.0 Å². The number of hydrogen-bond acceptors (Lipinski definition) is 6. The minimum Gasteiger partial charge on any atom is -0.368 e. The van der Waals surface area contributed by atoms with Gasteiger partial charge in [0, 0.05) is 30.3 Å². The molecule has 4 aromatic rings. The Bertz CT molecular complexity index is 1470. The normalized spacial score (nSPS) is 13.3. The molecule has 0 unspecified atom stereocenters. The predicted molar refractivity (Wildman–Crippen MR) is 123 cm³/mol. The van der Waals surface area contributed by atoms with Gasteiger partial charge in [-0.2, -0.15) is 0 Å². The summed E-state index contributed by atoms with van der Waals surface area (Å²) < 4.78 is 24.6. The molecule has 0 radical (unpaired) electrons. The molecule has 1 aliphatic rings. The van der Waals surface area contributed by atoms with Gasteiger partial charge < -0.3 is 10.6 Å². The Kier molecular flexibility index (Phi) is 4.67. The largest absolute Gasteiger partial charge is 0.368 e. The molecule has 160 valence electrons. The van der Waals surface area contributed by atoms with Crippen LogP contribution in [0.2, 0.25) is 0 Å². The van der Waals surface area contributed by atoms with E-state index in [1.807, 2.05) is 24.3 Å². The zero-order valence-corrected chi connectivity index (χ0v) is 18.1. The second-order valence-electron chi connectivity index (χ2n) is 7.86. The van der Waals surface area contributed by atoms with Crippen LogP contribution in [-0.2, 0) is 22.9 Å². The van der Waals surface area contributed by atoms with E-state index in [-0.39, 0.29) is 22.4 Å². The third-order valence-corrected chi connectivity index (χ3v) is 6.80. The Balaban J connectivity index is 1.63. The van der Waals surface area contributed by atoms with Crippen molar-refractivity contribution in [2.45, 2.75) is 18.0 Å². The summed E-state index contributed by atoms with van der Waals surface area (Å²) >= 11 is 0. The number of nitrogens with zero attached hydrogens (tertiary/aromatic N) is 3. The fourth-order valence-electron chi connectivity index (χ4n) is 4.13. The average molecular weight is 445 g/mol. The quantitative estimate of drug-likeness (QED) is 0.519.